The zero-order chi connectivity index (χ0) is 13.4. The first kappa shape index (κ1) is 13.7. The lowest BCUT2D eigenvalue weighted by molar-refractivity contribution is -0.141. The fourth-order valence-corrected chi connectivity index (χ4v) is 1.62. The number of hydrogen-bond acceptors (Lipinski definition) is 2. The van der Waals surface area contributed by atoms with E-state index in [9.17, 15) is 22.4 Å². The molecule has 0 saturated heterocycles. The Kier molecular flexibility index (Phi) is 3.59. The summed E-state index contributed by atoms with van der Waals surface area (Å²) in [7, 11) is 0. The maximum atomic E-state index is 13.3. The van der Waals surface area contributed by atoms with E-state index in [1.54, 1.807) is 0 Å². The van der Waals surface area contributed by atoms with Crippen molar-refractivity contribution in [3.63, 3.8) is 0 Å². The van der Waals surface area contributed by atoms with Gasteiger partial charge in [-0.15, -0.1) is 0 Å². The summed E-state index contributed by atoms with van der Waals surface area (Å²) >= 11 is 0. The fraction of sp³-hybridized carbons (Fsp3) is 0.600. The van der Waals surface area contributed by atoms with Gasteiger partial charge in [-0.05, 0) is 0 Å². The highest BCUT2D eigenvalue weighted by atomic mass is 19.4. The van der Waals surface area contributed by atoms with Gasteiger partial charge in [0, 0.05) is 0 Å². The number of hydrogen-bond donors (Lipinski definition) is 1. The molecular formula is C10H12F4N2O. The van der Waals surface area contributed by atoms with Crippen LogP contribution >= 0.6 is 0 Å². The zero-order valence-electron chi connectivity index (χ0n) is 9.52. The van der Waals surface area contributed by atoms with Crippen LogP contribution in [0.2, 0.25) is 0 Å². The van der Waals surface area contributed by atoms with E-state index in [1.165, 1.54) is 6.92 Å². The lowest BCUT2D eigenvalue weighted by Gasteiger charge is -2.05. The molecule has 0 fully saturated rings. The van der Waals surface area contributed by atoms with Crippen LogP contribution in [0.25, 0.3) is 0 Å². The van der Waals surface area contributed by atoms with Crippen LogP contribution in [0.15, 0.2) is 0 Å². The molecule has 0 aliphatic heterocycles. The van der Waals surface area contributed by atoms with Crippen LogP contribution in [-0.4, -0.2) is 16.0 Å². The van der Waals surface area contributed by atoms with E-state index in [0.29, 0.717) is 0 Å². The van der Waals surface area contributed by atoms with Crippen LogP contribution in [0.5, 0.6) is 0 Å². The lowest BCUT2D eigenvalue weighted by Crippen LogP contribution is -2.14. The summed E-state index contributed by atoms with van der Waals surface area (Å²) in [6.45, 7) is 5.25. The first-order chi connectivity index (χ1) is 7.84. The molecule has 0 spiro atoms. The van der Waals surface area contributed by atoms with Crippen molar-refractivity contribution in [3.8, 4) is 0 Å². The highest BCUT2D eigenvalue weighted by Crippen LogP contribution is 2.42. The number of nitrogens with zero attached hydrogens (tertiary/aromatic N) is 1. The molecule has 2 unspecified atom stereocenters. The van der Waals surface area contributed by atoms with Crippen LogP contribution in [0, 0.1) is 5.92 Å². The van der Waals surface area contributed by atoms with Gasteiger partial charge in [-0.3, -0.25) is 9.89 Å². The largest absolute Gasteiger partial charge is 0.435 e. The number of ketones is 1. The Morgan fingerprint density at radius 2 is 1.82 bits per heavy atom. The summed E-state index contributed by atoms with van der Waals surface area (Å²) in [4.78, 5) is 11.3. The Balaban J connectivity index is 0.000000686. The molecule has 2 atom stereocenters. The maximum absolute atomic E-state index is 13.3. The van der Waals surface area contributed by atoms with Crippen LogP contribution < -0.4 is 0 Å². The highest BCUT2D eigenvalue weighted by molar-refractivity contribution is 6.03. The smallest absolute Gasteiger partial charge is 0.294 e. The summed E-state index contributed by atoms with van der Waals surface area (Å²) in [5.74, 6) is -1.92. The topological polar surface area (TPSA) is 45.8 Å². The van der Waals surface area contributed by atoms with E-state index in [0.717, 1.165) is 0 Å². The van der Waals surface area contributed by atoms with Crippen molar-refractivity contribution in [1.82, 2.24) is 10.2 Å². The van der Waals surface area contributed by atoms with E-state index in [1.807, 2.05) is 18.9 Å². The average molecular weight is 252 g/mol. The van der Waals surface area contributed by atoms with Crippen molar-refractivity contribution < 1.29 is 22.4 Å². The molecule has 7 heteroatoms. The molecule has 1 N–H and O–H groups in total. The van der Waals surface area contributed by atoms with E-state index in [-0.39, 0.29) is 5.69 Å². The van der Waals surface area contributed by atoms with Gasteiger partial charge in [0.25, 0.3) is 0 Å². The minimum absolute atomic E-state index is 0.361. The van der Waals surface area contributed by atoms with Gasteiger partial charge in [-0.1, -0.05) is 20.8 Å². The van der Waals surface area contributed by atoms with Gasteiger partial charge in [0.05, 0.1) is 17.2 Å². The summed E-state index contributed by atoms with van der Waals surface area (Å²) in [6, 6.07) is 0. The Hall–Kier alpha value is -1.40. The molecule has 2 rings (SSSR count). The minimum atomic E-state index is -4.73. The Morgan fingerprint density at radius 1 is 1.29 bits per heavy atom. The van der Waals surface area contributed by atoms with Gasteiger partial charge >= 0.3 is 6.18 Å². The molecule has 17 heavy (non-hydrogen) atoms. The SMILES string of the molecule is CC.CC1C(=O)c2c(C(F)(F)F)n[nH]c2C1F. The fourth-order valence-electron chi connectivity index (χ4n) is 1.62. The standard InChI is InChI=1S/C8H6F4N2O.C2H6/c1-2-4(9)5-3(6(2)15)7(14-13-5)8(10,11)12;1-2/h2,4H,1H3,(H,13,14);1-2H3. The normalized spacial score (nSPS) is 23.1. The molecule has 1 aliphatic rings. The van der Waals surface area contributed by atoms with E-state index in [4.69, 9.17) is 0 Å². The Bertz CT molecular complexity index is 424. The van der Waals surface area contributed by atoms with Crippen molar-refractivity contribution in [2.75, 3.05) is 0 Å². The van der Waals surface area contributed by atoms with Crippen molar-refractivity contribution in [1.29, 1.82) is 0 Å². The highest BCUT2D eigenvalue weighted by Gasteiger charge is 2.48. The quantitative estimate of drug-likeness (QED) is 0.720. The summed E-state index contributed by atoms with van der Waals surface area (Å²) < 4.78 is 50.3. The van der Waals surface area contributed by atoms with E-state index >= 15 is 0 Å². The van der Waals surface area contributed by atoms with Crippen LogP contribution in [0.3, 0.4) is 0 Å². The predicted molar refractivity (Wildman–Crippen MR) is 52.3 cm³/mol. The van der Waals surface area contributed by atoms with Crippen LogP contribution in [-0.2, 0) is 6.18 Å². The predicted octanol–water partition coefficient (Wildman–Crippen LogP) is 3.30. The van der Waals surface area contributed by atoms with Crippen molar-refractivity contribution in [2.45, 2.75) is 33.1 Å². The number of aromatic amines is 1. The summed E-state index contributed by atoms with van der Waals surface area (Å²) in [5, 5.41) is 4.87. The van der Waals surface area contributed by atoms with Gasteiger partial charge in [-0.25, -0.2) is 4.39 Å². The molecule has 1 aromatic rings. The number of carbonyl (C=O) groups excluding carboxylic acids is 1. The second-order valence-electron chi connectivity index (χ2n) is 3.41. The minimum Gasteiger partial charge on any atom is -0.294 e. The van der Waals surface area contributed by atoms with Crippen molar-refractivity contribution >= 4 is 5.78 Å². The molecule has 0 amide bonds. The number of nitrogens with one attached hydrogen (secondary N) is 1. The van der Waals surface area contributed by atoms with E-state index < -0.39 is 35.3 Å². The molecular weight excluding hydrogens is 240 g/mol. The van der Waals surface area contributed by atoms with Gasteiger partial charge in [0.15, 0.2) is 17.6 Å². The molecule has 0 aromatic carbocycles. The Morgan fingerprint density at radius 3 is 2.29 bits per heavy atom. The molecule has 3 nitrogen and oxygen atoms in total. The number of H-pyrrole nitrogens is 1. The number of rotatable bonds is 0. The first-order valence-electron chi connectivity index (χ1n) is 5.17. The van der Waals surface area contributed by atoms with Crippen LogP contribution in [0.4, 0.5) is 17.6 Å². The number of fused-ring (bicyclic) bond motifs is 1. The lowest BCUT2D eigenvalue weighted by atomic mass is 10.1. The molecule has 0 radical (unpaired) electrons. The number of carbonyl (C=O) groups is 1. The molecule has 96 valence electrons. The average Bonchev–Trinajstić information content (AvgIpc) is 2.79. The van der Waals surface area contributed by atoms with Crippen LogP contribution in [0.1, 0.15) is 48.7 Å². The second kappa shape index (κ2) is 4.46. The zero-order valence-corrected chi connectivity index (χ0v) is 9.52. The van der Waals surface area contributed by atoms with Gasteiger partial charge in [0.1, 0.15) is 0 Å². The molecule has 1 aromatic heterocycles. The third-order valence-corrected chi connectivity index (χ3v) is 2.44. The summed E-state index contributed by atoms with van der Waals surface area (Å²) in [5.41, 5.74) is -2.34. The third kappa shape index (κ3) is 2.05. The van der Waals surface area contributed by atoms with Gasteiger partial charge in [0.2, 0.25) is 0 Å². The molecule has 1 heterocycles. The molecule has 0 saturated carbocycles. The molecule has 1 aliphatic carbocycles. The second-order valence-corrected chi connectivity index (χ2v) is 3.41. The summed E-state index contributed by atoms with van der Waals surface area (Å²) in [6.07, 6.45) is -6.46. The monoisotopic (exact) mass is 252 g/mol. The number of halogens is 4. The van der Waals surface area contributed by atoms with Crippen molar-refractivity contribution in [3.05, 3.63) is 17.0 Å². The van der Waals surface area contributed by atoms with E-state index in [2.05, 4.69) is 5.10 Å². The van der Waals surface area contributed by atoms with Gasteiger partial charge in [-0.2, -0.15) is 18.3 Å². The first-order valence-corrected chi connectivity index (χ1v) is 5.17. The number of aromatic nitrogens is 2. The maximum Gasteiger partial charge on any atom is 0.435 e. The number of Topliss-reactive ketones (excluding diaryl/α,β-unsaturated/α-hetero) is 1. The number of alkyl halides is 4. The molecule has 0 bridgehead atoms. The van der Waals surface area contributed by atoms with Gasteiger partial charge < -0.3 is 0 Å². The third-order valence-electron chi connectivity index (χ3n) is 2.44. The van der Waals surface area contributed by atoms with Crippen molar-refractivity contribution in [2.24, 2.45) is 5.92 Å². The Labute approximate surface area is 95.2 Å².